The first-order chi connectivity index (χ1) is 8.49. The Bertz CT molecular complexity index is 396. The van der Waals surface area contributed by atoms with Crippen molar-refractivity contribution in [1.82, 2.24) is 10.2 Å². The van der Waals surface area contributed by atoms with E-state index in [1.807, 2.05) is 19.0 Å². The molecule has 0 aliphatic carbocycles. The maximum absolute atomic E-state index is 12.9. The summed E-state index contributed by atoms with van der Waals surface area (Å²) in [7, 11) is 3.82. The SMILES string of the molecule is CN(C)CCNC(=O)CC(O)c1cccc(F)c1. The molecule has 0 aliphatic heterocycles. The number of benzene rings is 1. The molecule has 18 heavy (non-hydrogen) atoms. The lowest BCUT2D eigenvalue weighted by Gasteiger charge is -2.13. The number of hydrogen-bond donors (Lipinski definition) is 2. The van der Waals surface area contributed by atoms with Crippen LogP contribution in [-0.2, 0) is 4.79 Å². The van der Waals surface area contributed by atoms with Gasteiger partial charge in [-0.3, -0.25) is 4.79 Å². The first-order valence-corrected chi connectivity index (χ1v) is 5.84. The predicted octanol–water partition coefficient (Wildman–Crippen LogP) is 0.927. The molecule has 1 unspecified atom stereocenters. The fraction of sp³-hybridized carbons (Fsp3) is 0.462. The molecule has 4 nitrogen and oxygen atoms in total. The van der Waals surface area contributed by atoms with E-state index in [0.717, 1.165) is 6.54 Å². The van der Waals surface area contributed by atoms with E-state index in [-0.39, 0.29) is 12.3 Å². The lowest BCUT2D eigenvalue weighted by Crippen LogP contribution is -2.32. The number of carbonyl (C=O) groups excluding carboxylic acids is 1. The number of amides is 1. The Labute approximate surface area is 106 Å². The Hall–Kier alpha value is -1.46. The summed E-state index contributed by atoms with van der Waals surface area (Å²) in [5, 5.41) is 12.5. The van der Waals surface area contributed by atoms with Gasteiger partial charge >= 0.3 is 0 Å². The van der Waals surface area contributed by atoms with Crippen molar-refractivity contribution in [1.29, 1.82) is 0 Å². The minimum absolute atomic E-state index is 0.0586. The van der Waals surface area contributed by atoms with Gasteiger partial charge in [0.1, 0.15) is 5.82 Å². The Morgan fingerprint density at radius 2 is 2.22 bits per heavy atom. The molecule has 1 rings (SSSR count). The molecule has 1 aromatic rings. The van der Waals surface area contributed by atoms with Gasteiger partial charge in [-0.15, -0.1) is 0 Å². The van der Waals surface area contributed by atoms with Crippen LogP contribution in [0.1, 0.15) is 18.1 Å². The van der Waals surface area contributed by atoms with Crippen LogP contribution in [0.5, 0.6) is 0 Å². The van der Waals surface area contributed by atoms with Crippen molar-refractivity contribution in [2.24, 2.45) is 0 Å². The molecule has 1 atom stereocenters. The van der Waals surface area contributed by atoms with E-state index in [9.17, 15) is 14.3 Å². The molecule has 5 heteroatoms. The zero-order valence-electron chi connectivity index (χ0n) is 10.7. The minimum atomic E-state index is -0.972. The number of rotatable bonds is 6. The molecule has 0 saturated carbocycles. The van der Waals surface area contributed by atoms with Crippen molar-refractivity contribution in [3.63, 3.8) is 0 Å². The molecular formula is C13H19FN2O2. The Morgan fingerprint density at radius 1 is 1.50 bits per heavy atom. The van der Waals surface area contributed by atoms with E-state index in [1.165, 1.54) is 18.2 Å². The quantitative estimate of drug-likeness (QED) is 0.794. The van der Waals surface area contributed by atoms with Crippen molar-refractivity contribution >= 4 is 5.91 Å². The van der Waals surface area contributed by atoms with E-state index in [1.54, 1.807) is 6.07 Å². The average Bonchev–Trinajstić information content (AvgIpc) is 2.28. The highest BCUT2D eigenvalue weighted by molar-refractivity contribution is 5.76. The fourth-order valence-corrected chi connectivity index (χ4v) is 1.50. The predicted molar refractivity (Wildman–Crippen MR) is 67.5 cm³/mol. The molecule has 0 saturated heterocycles. The van der Waals surface area contributed by atoms with Crippen LogP contribution in [0.15, 0.2) is 24.3 Å². The van der Waals surface area contributed by atoms with Crippen molar-refractivity contribution in [3.05, 3.63) is 35.6 Å². The van der Waals surface area contributed by atoms with Crippen LogP contribution in [0.2, 0.25) is 0 Å². The Balaban J connectivity index is 2.40. The van der Waals surface area contributed by atoms with Gasteiger partial charge in [-0.05, 0) is 31.8 Å². The van der Waals surface area contributed by atoms with E-state index < -0.39 is 11.9 Å². The van der Waals surface area contributed by atoms with E-state index in [4.69, 9.17) is 0 Å². The smallest absolute Gasteiger partial charge is 0.223 e. The molecular weight excluding hydrogens is 235 g/mol. The molecule has 0 aromatic heterocycles. The van der Waals surface area contributed by atoms with Crippen LogP contribution < -0.4 is 5.32 Å². The standard InChI is InChI=1S/C13H19FN2O2/c1-16(2)7-6-15-13(18)9-12(17)10-4-3-5-11(14)8-10/h3-5,8,12,17H,6-7,9H2,1-2H3,(H,15,18). The summed E-state index contributed by atoms with van der Waals surface area (Å²) in [5.74, 6) is -0.659. The number of likely N-dealkylation sites (N-methyl/N-ethyl adjacent to an activating group) is 1. The zero-order chi connectivity index (χ0) is 13.5. The highest BCUT2D eigenvalue weighted by Crippen LogP contribution is 2.17. The maximum atomic E-state index is 12.9. The van der Waals surface area contributed by atoms with Crippen LogP contribution in [0.3, 0.4) is 0 Å². The summed E-state index contributed by atoms with van der Waals surface area (Å²) in [6, 6.07) is 5.64. The Kier molecular flexibility index (Phi) is 5.74. The van der Waals surface area contributed by atoms with Crippen molar-refractivity contribution in [2.45, 2.75) is 12.5 Å². The molecule has 0 heterocycles. The van der Waals surface area contributed by atoms with Crippen LogP contribution in [0.4, 0.5) is 4.39 Å². The molecule has 2 N–H and O–H groups in total. The third-order valence-corrected chi connectivity index (χ3v) is 2.49. The first-order valence-electron chi connectivity index (χ1n) is 5.84. The van der Waals surface area contributed by atoms with Gasteiger partial charge in [0.05, 0.1) is 12.5 Å². The van der Waals surface area contributed by atoms with Crippen molar-refractivity contribution in [3.8, 4) is 0 Å². The zero-order valence-corrected chi connectivity index (χ0v) is 10.7. The molecule has 0 aliphatic rings. The number of nitrogens with zero attached hydrogens (tertiary/aromatic N) is 1. The van der Waals surface area contributed by atoms with Crippen LogP contribution >= 0.6 is 0 Å². The van der Waals surface area contributed by atoms with Gasteiger partial charge in [0.15, 0.2) is 0 Å². The number of aliphatic hydroxyl groups is 1. The highest BCUT2D eigenvalue weighted by Gasteiger charge is 2.13. The summed E-state index contributed by atoms with van der Waals surface area (Å²) < 4.78 is 12.9. The second-order valence-electron chi connectivity index (χ2n) is 4.43. The number of hydrogen-bond acceptors (Lipinski definition) is 3. The van der Waals surface area contributed by atoms with Gasteiger partial charge in [0.2, 0.25) is 5.91 Å². The van der Waals surface area contributed by atoms with Gasteiger partial charge in [-0.2, -0.15) is 0 Å². The maximum Gasteiger partial charge on any atom is 0.223 e. The lowest BCUT2D eigenvalue weighted by atomic mass is 10.1. The summed E-state index contributed by atoms with van der Waals surface area (Å²) in [6.45, 7) is 1.27. The van der Waals surface area contributed by atoms with E-state index >= 15 is 0 Å². The third kappa shape index (κ3) is 5.25. The van der Waals surface area contributed by atoms with Gasteiger partial charge in [0.25, 0.3) is 0 Å². The second kappa shape index (κ2) is 7.08. The number of halogens is 1. The molecule has 1 aromatic carbocycles. The number of aliphatic hydroxyl groups excluding tert-OH is 1. The van der Waals surface area contributed by atoms with Gasteiger partial charge in [0, 0.05) is 13.1 Å². The van der Waals surface area contributed by atoms with E-state index in [0.29, 0.717) is 12.1 Å². The van der Waals surface area contributed by atoms with Gasteiger partial charge in [-0.1, -0.05) is 12.1 Å². The molecule has 1 amide bonds. The number of carbonyl (C=O) groups is 1. The minimum Gasteiger partial charge on any atom is -0.388 e. The largest absolute Gasteiger partial charge is 0.388 e. The summed E-state index contributed by atoms with van der Waals surface area (Å²) >= 11 is 0. The number of nitrogens with one attached hydrogen (secondary N) is 1. The first kappa shape index (κ1) is 14.6. The molecule has 0 radical (unpaired) electrons. The topological polar surface area (TPSA) is 52.6 Å². The Morgan fingerprint density at radius 3 is 2.83 bits per heavy atom. The van der Waals surface area contributed by atoms with E-state index in [2.05, 4.69) is 5.32 Å². The highest BCUT2D eigenvalue weighted by atomic mass is 19.1. The molecule has 0 fully saturated rings. The second-order valence-corrected chi connectivity index (χ2v) is 4.43. The molecule has 100 valence electrons. The van der Waals surface area contributed by atoms with Crippen molar-refractivity contribution in [2.75, 3.05) is 27.2 Å². The monoisotopic (exact) mass is 254 g/mol. The van der Waals surface area contributed by atoms with Gasteiger partial charge < -0.3 is 15.3 Å². The summed E-state index contributed by atoms with van der Waals surface area (Å²) in [6.07, 6.45) is -1.03. The lowest BCUT2D eigenvalue weighted by molar-refractivity contribution is -0.123. The van der Waals surface area contributed by atoms with Crippen LogP contribution in [0.25, 0.3) is 0 Å². The summed E-state index contributed by atoms with van der Waals surface area (Å²) in [4.78, 5) is 13.5. The van der Waals surface area contributed by atoms with Crippen LogP contribution in [0, 0.1) is 5.82 Å². The third-order valence-electron chi connectivity index (χ3n) is 2.49. The van der Waals surface area contributed by atoms with Gasteiger partial charge in [-0.25, -0.2) is 4.39 Å². The van der Waals surface area contributed by atoms with Crippen molar-refractivity contribution < 1.29 is 14.3 Å². The molecule has 0 bridgehead atoms. The van der Waals surface area contributed by atoms with Crippen LogP contribution in [-0.4, -0.2) is 43.1 Å². The summed E-state index contributed by atoms with van der Waals surface area (Å²) in [5.41, 5.74) is 0.415. The normalized spacial score (nSPS) is 12.5. The average molecular weight is 254 g/mol. The fourth-order valence-electron chi connectivity index (χ4n) is 1.50. The molecule has 0 spiro atoms.